The molecule has 2 amide bonds. The van der Waals surface area contributed by atoms with Gasteiger partial charge in [0.05, 0.1) is 11.6 Å². The van der Waals surface area contributed by atoms with Crippen molar-refractivity contribution in [3.05, 3.63) is 28.7 Å². The van der Waals surface area contributed by atoms with Crippen LogP contribution in [0.15, 0.2) is 28.7 Å². The van der Waals surface area contributed by atoms with Gasteiger partial charge in [-0.1, -0.05) is 12.1 Å². The number of carbonyl (C=O) groups is 2. The summed E-state index contributed by atoms with van der Waals surface area (Å²) in [6.07, 6.45) is 1.26. The zero-order chi connectivity index (χ0) is 15.7. The van der Waals surface area contributed by atoms with Crippen molar-refractivity contribution in [3.8, 4) is 0 Å². The predicted molar refractivity (Wildman–Crippen MR) is 95.6 cm³/mol. The molecule has 5 nitrogen and oxygen atoms in total. The van der Waals surface area contributed by atoms with Gasteiger partial charge in [-0.2, -0.15) is 0 Å². The molecule has 2 atom stereocenters. The van der Waals surface area contributed by atoms with Crippen LogP contribution < -0.4 is 10.6 Å². The molecule has 2 saturated heterocycles. The maximum Gasteiger partial charge on any atom is 0.228 e. The van der Waals surface area contributed by atoms with Crippen LogP contribution in [0.5, 0.6) is 0 Å². The van der Waals surface area contributed by atoms with Crippen LogP contribution in [-0.2, 0) is 9.59 Å². The molecule has 0 saturated carbocycles. The Morgan fingerprint density at radius 1 is 1.30 bits per heavy atom. The summed E-state index contributed by atoms with van der Waals surface area (Å²) >= 11 is 3.47. The summed E-state index contributed by atoms with van der Waals surface area (Å²) in [6, 6.07) is 7.61. The number of amides is 2. The highest BCUT2D eigenvalue weighted by Crippen LogP contribution is 2.32. The van der Waals surface area contributed by atoms with E-state index < -0.39 is 0 Å². The van der Waals surface area contributed by atoms with Crippen molar-refractivity contribution in [3.63, 3.8) is 0 Å². The number of likely N-dealkylation sites (tertiary alicyclic amines) is 1. The van der Waals surface area contributed by atoms with E-state index in [0.717, 1.165) is 29.7 Å². The predicted octanol–water partition coefficient (Wildman–Crippen LogP) is 2.03. The lowest BCUT2D eigenvalue weighted by atomic mass is 10.1. The van der Waals surface area contributed by atoms with Crippen LogP contribution in [0.1, 0.15) is 12.8 Å². The van der Waals surface area contributed by atoms with Crippen molar-refractivity contribution in [2.24, 2.45) is 17.6 Å². The molecule has 2 heterocycles. The molecule has 2 unspecified atom stereocenters. The van der Waals surface area contributed by atoms with Gasteiger partial charge in [-0.25, -0.2) is 0 Å². The standard InChI is InChI=1S/C16H20BrN3O2.ClH/c17-13-3-1-2-4-14(13)20-10-12(7-15(20)21)16(22)19-6-5-11(8-18)9-19;/h1-4,11-12H,5-10,18H2;1H. The molecule has 0 radical (unpaired) electrons. The summed E-state index contributed by atoms with van der Waals surface area (Å²) in [5.74, 6) is 0.273. The molecule has 2 aliphatic heterocycles. The summed E-state index contributed by atoms with van der Waals surface area (Å²) < 4.78 is 0.876. The van der Waals surface area contributed by atoms with Gasteiger partial charge in [0.15, 0.2) is 0 Å². The third-order valence-corrected chi connectivity index (χ3v) is 5.22. The van der Waals surface area contributed by atoms with E-state index in [1.54, 1.807) is 4.90 Å². The number of nitrogens with zero attached hydrogens (tertiary/aromatic N) is 2. The first-order valence-corrected chi connectivity index (χ1v) is 8.43. The van der Waals surface area contributed by atoms with Crippen LogP contribution in [-0.4, -0.2) is 42.9 Å². The van der Waals surface area contributed by atoms with Gasteiger partial charge in [-0.15, -0.1) is 12.4 Å². The van der Waals surface area contributed by atoms with E-state index in [-0.39, 0.29) is 30.1 Å². The van der Waals surface area contributed by atoms with Gasteiger partial charge in [0.2, 0.25) is 11.8 Å². The maximum absolute atomic E-state index is 12.6. The Hall–Kier alpha value is -1.11. The highest BCUT2D eigenvalue weighted by Gasteiger charge is 2.39. The Bertz CT molecular complexity index is 598. The molecule has 3 rings (SSSR count). The minimum atomic E-state index is -0.240. The fourth-order valence-electron chi connectivity index (χ4n) is 3.26. The van der Waals surface area contributed by atoms with Gasteiger partial charge in [0.25, 0.3) is 0 Å². The molecule has 7 heteroatoms. The molecule has 23 heavy (non-hydrogen) atoms. The van der Waals surface area contributed by atoms with Crippen LogP contribution in [0.4, 0.5) is 5.69 Å². The molecule has 0 aromatic heterocycles. The summed E-state index contributed by atoms with van der Waals surface area (Å²) in [4.78, 5) is 28.5. The Balaban J connectivity index is 0.00000192. The van der Waals surface area contributed by atoms with Gasteiger partial charge in [0.1, 0.15) is 0 Å². The first-order chi connectivity index (χ1) is 10.6. The smallest absolute Gasteiger partial charge is 0.228 e. The molecule has 0 aliphatic carbocycles. The van der Waals surface area contributed by atoms with Crippen LogP contribution in [0.2, 0.25) is 0 Å². The van der Waals surface area contributed by atoms with Crippen molar-refractivity contribution in [1.29, 1.82) is 0 Å². The van der Waals surface area contributed by atoms with Crippen molar-refractivity contribution in [1.82, 2.24) is 4.90 Å². The van der Waals surface area contributed by atoms with Gasteiger partial charge in [-0.3, -0.25) is 9.59 Å². The third-order valence-electron chi connectivity index (χ3n) is 4.55. The van der Waals surface area contributed by atoms with Crippen molar-refractivity contribution >= 4 is 45.8 Å². The molecular formula is C16H21BrClN3O2. The lowest BCUT2D eigenvalue weighted by Gasteiger charge is -2.21. The zero-order valence-corrected chi connectivity index (χ0v) is 15.2. The van der Waals surface area contributed by atoms with E-state index in [1.165, 1.54) is 0 Å². The number of rotatable bonds is 3. The topological polar surface area (TPSA) is 66.6 Å². The Morgan fingerprint density at radius 3 is 2.70 bits per heavy atom. The monoisotopic (exact) mass is 401 g/mol. The fourth-order valence-corrected chi connectivity index (χ4v) is 3.76. The number of hydrogen-bond acceptors (Lipinski definition) is 3. The van der Waals surface area contributed by atoms with E-state index in [0.29, 0.717) is 25.4 Å². The quantitative estimate of drug-likeness (QED) is 0.841. The van der Waals surface area contributed by atoms with E-state index in [1.807, 2.05) is 29.2 Å². The number of benzene rings is 1. The second kappa shape index (κ2) is 7.64. The Labute approximate surface area is 150 Å². The molecule has 1 aromatic carbocycles. The van der Waals surface area contributed by atoms with E-state index >= 15 is 0 Å². The van der Waals surface area contributed by atoms with E-state index in [4.69, 9.17) is 5.73 Å². The second-order valence-corrected chi connectivity index (χ2v) is 6.89. The molecule has 2 aliphatic rings. The summed E-state index contributed by atoms with van der Waals surface area (Å²) in [5.41, 5.74) is 6.52. The van der Waals surface area contributed by atoms with Crippen molar-refractivity contribution in [2.45, 2.75) is 12.8 Å². The largest absolute Gasteiger partial charge is 0.342 e. The van der Waals surface area contributed by atoms with Crippen LogP contribution in [0, 0.1) is 11.8 Å². The number of carbonyl (C=O) groups excluding carboxylic acids is 2. The molecule has 1 aromatic rings. The molecule has 2 N–H and O–H groups in total. The van der Waals surface area contributed by atoms with Crippen LogP contribution >= 0.6 is 28.3 Å². The molecule has 2 fully saturated rings. The number of hydrogen-bond donors (Lipinski definition) is 1. The Kier molecular flexibility index (Phi) is 6.06. The lowest BCUT2D eigenvalue weighted by Crippen LogP contribution is -2.36. The average Bonchev–Trinajstić information content (AvgIpc) is 3.14. The van der Waals surface area contributed by atoms with E-state index in [9.17, 15) is 9.59 Å². The van der Waals surface area contributed by atoms with Crippen LogP contribution in [0.3, 0.4) is 0 Å². The third kappa shape index (κ3) is 3.70. The molecule has 0 spiro atoms. The van der Waals surface area contributed by atoms with Crippen LogP contribution in [0.25, 0.3) is 0 Å². The molecule has 126 valence electrons. The minimum Gasteiger partial charge on any atom is -0.342 e. The number of nitrogens with two attached hydrogens (primary N) is 1. The van der Waals surface area contributed by atoms with Gasteiger partial charge in [-0.05, 0) is 46.9 Å². The second-order valence-electron chi connectivity index (χ2n) is 6.03. The molecule has 0 bridgehead atoms. The normalized spacial score (nSPS) is 24.0. The highest BCUT2D eigenvalue weighted by atomic mass is 79.9. The summed E-state index contributed by atoms with van der Waals surface area (Å²) in [5, 5.41) is 0. The fraction of sp³-hybridized carbons (Fsp3) is 0.500. The number of anilines is 1. The zero-order valence-electron chi connectivity index (χ0n) is 12.8. The van der Waals surface area contributed by atoms with Gasteiger partial charge >= 0.3 is 0 Å². The summed E-state index contributed by atoms with van der Waals surface area (Å²) in [7, 11) is 0. The van der Waals surface area contributed by atoms with Crippen molar-refractivity contribution in [2.75, 3.05) is 31.1 Å². The van der Waals surface area contributed by atoms with E-state index in [2.05, 4.69) is 15.9 Å². The maximum atomic E-state index is 12.6. The first-order valence-electron chi connectivity index (χ1n) is 7.64. The van der Waals surface area contributed by atoms with Gasteiger partial charge in [0, 0.05) is 30.5 Å². The lowest BCUT2D eigenvalue weighted by molar-refractivity contribution is -0.134. The van der Waals surface area contributed by atoms with Gasteiger partial charge < -0.3 is 15.5 Å². The summed E-state index contributed by atoms with van der Waals surface area (Å²) in [6.45, 7) is 2.58. The number of halogens is 2. The highest BCUT2D eigenvalue weighted by molar-refractivity contribution is 9.10. The number of para-hydroxylation sites is 1. The Morgan fingerprint density at radius 2 is 2.04 bits per heavy atom. The van der Waals surface area contributed by atoms with Crippen molar-refractivity contribution < 1.29 is 9.59 Å². The average molecular weight is 403 g/mol. The molecular weight excluding hydrogens is 382 g/mol. The minimum absolute atomic E-state index is 0. The SMILES string of the molecule is Cl.NCC1CCN(C(=O)C2CC(=O)N(c3ccccc3Br)C2)C1. The first kappa shape index (κ1) is 18.2.